The second kappa shape index (κ2) is 5.45. The van der Waals surface area contributed by atoms with E-state index in [-0.39, 0.29) is 12.5 Å². The topological polar surface area (TPSA) is 37.5 Å². The van der Waals surface area contributed by atoms with Crippen molar-refractivity contribution in [2.45, 2.75) is 12.3 Å². The van der Waals surface area contributed by atoms with E-state index in [9.17, 15) is 5.11 Å². The molecular formula is C14H13BrN2OS. The number of thiazole rings is 1. The number of rotatable bonds is 4. The lowest BCUT2D eigenvalue weighted by Crippen LogP contribution is -2.08. The molecule has 3 rings (SSSR count). The van der Waals surface area contributed by atoms with Crippen molar-refractivity contribution in [1.29, 1.82) is 0 Å². The number of aliphatic hydroxyl groups excluding tert-OH is 1. The molecule has 5 heteroatoms. The largest absolute Gasteiger partial charge is 0.396 e. The molecule has 1 atom stereocenters. The Morgan fingerprint density at radius 2 is 2.21 bits per heavy atom. The van der Waals surface area contributed by atoms with Gasteiger partial charge in [0.1, 0.15) is 0 Å². The van der Waals surface area contributed by atoms with E-state index < -0.39 is 0 Å². The zero-order valence-corrected chi connectivity index (χ0v) is 12.6. The van der Waals surface area contributed by atoms with Crippen LogP contribution in [0.1, 0.15) is 17.2 Å². The van der Waals surface area contributed by atoms with Crippen LogP contribution in [0.2, 0.25) is 0 Å². The molecule has 1 N–H and O–H groups in total. The Balaban J connectivity index is 1.87. The summed E-state index contributed by atoms with van der Waals surface area (Å²) in [5.74, 6) is 0.0696. The molecule has 3 aromatic rings. The molecular weight excluding hydrogens is 324 g/mol. The number of benzene rings is 1. The molecule has 3 nitrogen and oxygen atoms in total. The summed E-state index contributed by atoms with van der Waals surface area (Å²) in [6, 6.07) is 8.02. The fraction of sp³-hybridized carbons (Fsp3) is 0.214. The Morgan fingerprint density at radius 1 is 1.37 bits per heavy atom. The van der Waals surface area contributed by atoms with Crippen LogP contribution in [-0.4, -0.2) is 21.1 Å². The van der Waals surface area contributed by atoms with Gasteiger partial charge < -0.3 is 5.11 Å². The van der Waals surface area contributed by atoms with Gasteiger partial charge in [0.2, 0.25) is 0 Å². The summed E-state index contributed by atoms with van der Waals surface area (Å²) in [4.78, 5) is 5.57. The molecule has 1 aromatic carbocycles. The van der Waals surface area contributed by atoms with E-state index in [2.05, 4.69) is 20.9 Å². The second-order valence-electron chi connectivity index (χ2n) is 4.43. The van der Waals surface area contributed by atoms with Crippen molar-refractivity contribution in [3.8, 4) is 0 Å². The van der Waals surface area contributed by atoms with Gasteiger partial charge in [0.15, 0.2) is 4.96 Å². The molecule has 0 aliphatic heterocycles. The summed E-state index contributed by atoms with van der Waals surface area (Å²) in [6.45, 7) is 0.119. The molecule has 2 aromatic heterocycles. The van der Waals surface area contributed by atoms with Crippen molar-refractivity contribution in [3.05, 3.63) is 57.8 Å². The van der Waals surface area contributed by atoms with Crippen molar-refractivity contribution in [3.63, 3.8) is 0 Å². The van der Waals surface area contributed by atoms with Crippen molar-refractivity contribution in [2.75, 3.05) is 6.61 Å². The summed E-state index contributed by atoms with van der Waals surface area (Å²) >= 11 is 5.17. The number of fused-ring (bicyclic) bond motifs is 1. The maximum atomic E-state index is 9.64. The van der Waals surface area contributed by atoms with E-state index in [1.165, 1.54) is 0 Å². The first-order valence-corrected chi connectivity index (χ1v) is 7.71. The number of halogens is 1. The number of hydrogen-bond acceptors (Lipinski definition) is 3. The summed E-state index contributed by atoms with van der Waals surface area (Å²) in [7, 11) is 0. The van der Waals surface area contributed by atoms with E-state index >= 15 is 0 Å². The van der Waals surface area contributed by atoms with Gasteiger partial charge in [-0.25, -0.2) is 4.98 Å². The van der Waals surface area contributed by atoms with Crippen molar-refractivity contribution in [2.24, 2.45) is 0 Å². The number of imidazole rings is 1. The lowest BCUT2D eigenvalue weighted by atomic mass is 9.95. The van der Waals surface area contributed by atoms with Gasteiger partial charge in [0.25, 0.3) is 0 Å². The fourth-order valence-corrected chi connectivity index (χ4v) is 3.53. The highest BCUT2D eigenvalue weighted by molar-refractivity contribution is 9.10. The van der Waals surface area contributed by atoms with Crippen LogP contribution < -0.4 is 0 Å². The number of aliphatic hydroxyl groups is 1. The van der Waals surface area contributed by atoms with E-state index in [1.54, 1.807) is 11.3 Å². The molecule has 0 fully saturated rings. The maximum absolute atomic E-state index is 9.64. The molecule has 0 aliphatic carbocycles. The Kier molecular flexibility index (Phi) is 3.68. The Bertz CT molecular complexity index is 663. The first-order valence-electron chi connectivity index (χ1n) is 6.04. The van der Waals surface area contributed by atoms with Gasteiger partial charge in [-0.05, 0) is 11.6 Å². The lowest BCUT2D eigenvalue weighted by Gasteiger charge is -2.14. The number of hydrogen-bond donors (Lipinski definition) is 1. The van der Waals surface area contributed by atoms with Gasteiger partial charge in [0, 0.05) is 34.6 Å². The average molecular weight is 337 g/mol. The quantitative estimate of drug-likeness (QED) is 0.791. The van der Waals surface area contributed by atoms with E-state index in [1.807, 2.05) is 46.4 Å². The summed E-state index contributed by atoms with van der Waals surface area (Å²) < 4.78 is 3.06. The van der Waals surface area contributed by atoms with Crippen LogP contribution in [0.15, 0.2) is 46.5 Å². The molecule has 0 spiro atoms. The minimum atomic E-state index is 0.0696. The van der Waals surface area contributed by atoms with Crippen LogP contribution in [0.4, 0.5) is 0 Å². The molecule has 0 saturated heterocycles. The molecule has 0 amide bonds. The van der Waals surface area contributed by atoms with Crippen molar-refractivity contribution >= 4 is 32.2 Å². The van der Waals surface area contributed by atoms with E-state index in [0.29, 0.717) is 0 Å². The minimum absolute atomic E-state index is 0.0696. The zero-order valence-electron chi connectivity index (χ0n) is 10.2. The van der Waals surface area contributed by atoms with E-state index in [0.717, 1.165) is 27.1 Å². The highest BCUT2D eigenvalue weighted by Crippen LogP contribution is 2.27. The third kappa shape index (κ3) is 2.59. The molecule has 0 bridgehead atoms. The number of nitrogens with zero attached hydrogens (tertiary/aromatic N) is 2. The molecule has 0 aliphatic rings. The summed E-state index contributed by atoms with van der Waals surface area (Å²) in [5.41, 5.74) is 2.14. The highest BCUT2D eigenvalue weighted by atomic mass is 79.9. The van der Waals surface area contributed by atoms with Gasteiger partial charge >= 0.3 is 0 Å². The molecule has 0 saturated carbocycles. The summed E-state index contributed by atoms with van der Waals surface area (Å²) in [5, 5.41) is 11.7. The summed E-state index contributed by atoms with van der Waals surface area (Å²) in [6.07, 6.45) is 4.78. The zero-order chi connectivity index (χ0) is 13.2. The van der Waals surface area contributed by atoms with Gasteiger partial charge in [-0.15, -0.1) is 11.3 Å². The average Bonchev–Trinajstić information content (AvgIpc) is 2.97. The monoisotopic (exact) mass is 336 g/mol. The van der Waals surface area contributed by atoms with Crippen LogP contribution in [-0.2, 0) is 6.42 Å². The molecule has 98 valence electrons. The maximum Gasteiger partial charge on any atom is 0.193 e. The van der Waals surface area contributed by atoms with Crippen molar-refractivity contribution in [1.82, 2.24) is 9.38 Å². The predicted molar refractivity (Wildman–Crippen MR) is 80.7 cm³/mol. The van der Waals surface area contributed by atoms with Gasteiger partial charge in [-0.1, -0.05) is 34.1 Å². The first kappa shape index (κ1) is 12.8. The van der Waals surface area contributed by atoms with Crippen LogP contribution in [0.3, 0.4) is 0 Å². The smallest absolute Gasteiger partial charge is 0.193 e. The second-order valence-corrected chi connectivity index (χ2v) is 6.16. The standard InChI is InChI=1S/C14H13BrN2OS/c15-13-4-2-1-3-12(13)10(9-18)7-11-8-17-5-6-19-14(17)16-11/h1-6,8,10,18H,7,9H2. The van der Waals surface area contributed by atoms with Crippen LogP contribution in [0, 0.1) is 0 Å². The number of aromatic nitrogens is 2. The molecule has 2 heterocycles. The van der Waals surface area contributed by atoms with Gasteiger partial charge in [-0.2, -0.15) is 0 Å². The SMILES string of the molecule is OCC(Cc1cn2ccsc2n1)c1ccccc1Br. The predicted octanol–water partition coefficient (Wildman–Crippen LogP) is 3.48. The highest BCUT2D eigenvalue weighted by Gasteiger charge is 2.16. The van der Waals surface area contributed by atoms with Gasteiger partial charge in [0.05, 0.1) is 12.3 Å². The van der Waals surface area contributed by atoms with Gasteiger partial charge in [-0.3, -0.25) is 4.40 Å². The Labute approximate surface area is 123 Å². The molecule has 1 unspecified atom stereocenters. The fourth-order valence-electron chi connectivity index (χ4n) is 2.21. The van der Waals surface area contributed by atoms with E-state index in [4.69, 9.17) is 0 Å². The van der Waals surface area contributed by atoms with Crippen molar-refractivity contribution < 1.29 is 5.11 Å². The van der Waals surface area contributed by atoms with Crippen LogP contribution in [0.25, 0.3) is 4.96 Å². The molecule has 19 heavy (non-hydrogen) atoms. The third-order valence-electron chi connectivity index (χ3n) is 3.16. The van der Waals surface area contributed by atoms with Crippen LogP contribution >= 0.6 is 27.3 Å². The normalized spacial score (nSPS) is 12.9. The minimum Gasteiger partial charge on any atom is -0.396 e. The Morgan fingerprint density at radius 3 is 2.95 bits per heavy atom. The molecule has 0 radical (unpaired) electrons. The first-order chi connectivity index (χ1) is 9.28. The lowest BCUT2D eigenvalue weighted by molar-refractivity contribution is 0.263. The van der Waals surface area contributed by atoms with Crippen LogP contribution in [0.5, 0.6) is 0 Å². The third-order valence-corrected chi connectivity index (χ3v) is 4.66. The Hall–Kier alpha value is -1.17.